The van der Waals surface area contributed by atoms with Crippen LogP contribution in [0.3, 0.4) is 0 Å². The van der Waals surface area contributed by atoms with Gasteiger partial charge in [0.2, 0.25) is 0 Å². The second-order valence-electron chi connectivity index (χ2n) is 4.05. The van der Waals surface area contributed by atoms with Crippen LogP contribution >= 0.6 is 11.6 Å². The van der Waals surface area contributed by atoms with E-state index in [9.17, 15) is 0 Å². The minimum atomic E-state index is -0.182. The van der Waals surface area contributed by atoms with Gasteiger partial charge in [0.1, 0.15) is 5.60 Å². The Bertz CT molecular complexity index is 199. The Kier molecular flexibility index (Phi) is 2.67. The lowest BCUT2D eigenvalue weighted by molar-refractivity contribution is 0.0802. The minimum Gasteiger partial charge on any atom is -0.472 e. The summed E-state index contributed by atoms with van der Waals surface area (Å²) in [4.78, 5) is 4.42. The summed E-state index contributed by atoms with van der Waals surface area (Å²) < 4.78 is 5.59. The lowest BCUT2D eigenvalue weighted by Crippen LogP contribution is -2.36. The maximum atomic E-state index is 5.65. The van der Waals surface area contributed by atoms with Crippen molar-refractivity contribution in [3.63, 3.8) is 0 Å². The second kappa shape index (κ2) is 3.25. The van der Waals surface area contributed by atoms with Crippen molar-refractivity contribution in [2.45, 2.75) is 39.3 Å². The van der Waals surface area contributed by atoms with Gasteiger partial charge in [-0.3, -0.25) is 0 Å². The molecule has 3 heteroatoms. The van der Waals surface area contributed by atoms with E-state index in [0.29, 0.717) is 17.7 Å². The van der Waals surface area contributed by atoms with Gasteiger partial charge in [-0.1, -0.05) is 13.8 Å². The van der Waals surface area contributed by atoms with Crippen molar-refractivity contribution >= 4 is 17.5 Å². The van der Waals surface area contributed by atoms with Crippen molar-refractivity contribution in [2.75, 3.05) is 5.88 Å². The van der Waals surface area contributed by atoms with E-state index in [1.807, 2.05) is 0 Å². The molecule has 2 nitrogen and oxygen atoms in total. The van der Waals surface area contributed by atoms with Gasteiger partial charge in [0.25, 0.3) is 0 Å². The monoisotopic (exact) mass is 189 g/mol. The molecule has 0 bridgehead atoms. The Hall–Kier alpha value is -0.240. The highest BCUT2D eigenvalue weighted by atomic mass is 35.5. The van der Waals surface area contributed by atoms with Gasteiger partial charge in [0.05, 0.1) is 11.9 Å². The molecule has 1 rings (SSSR count). The molecule has 1 aliphatic heterocycles. The first-order valence-corrected chi connectivity index (χ1v) is 4.82. The van der Waals surface area contributed by atoms with E-state index in [4.69, 9.17) is 16.3 Å². The topological polar surface area (TPSA) is 21.6 Å². The number of hydrogen-bond acceptors (Lipinski definition) is 2. The van der Waals surface area contributed by atoms with Crippen LogP contribution in [0.1, 0.15) is 27.7 Å². The standard InChI is InChI=1S/C9H16ClNO/c1-6(2)8-9(3,4)12-7(5-10)11-8/h6,8H,5H2,1-4H3/t8-/m0/s1. The zero-order valence-corrected chi connectivity index (χ0v) is 8.85. The predicted octanol–water partition coefficient (Wildman–Crippen LogP) is 2.46. The van der Waals surface area contributed by atoms with Crippen molar-refractivity contribution in [1.29, 1.82) is 0 Å². The van der Waals surface area contributed by atoms with Gasteiger partial charge in [-0.2, -0.15) is 0 Å². The molecule has 0 saturated heterocycles. The van der Waals surface area contributed by atoms with E-state index in [1.54, 1.807) is 0 Å². The Morgan fingerprint density at radius 2 is 2.17 bits per heavy atom. The van der Waals surface area contributed by atoms with Crippen LogP contribution in [0, 0.1) is 5.92 Å². The lowest BCUT2D eigenvalue weighted by atomic mass is 9.90. The van der Waals surface area contributed by atoms with Gasteiger partial charge >= 0.3 is 0 Å². The van der Waals surface area contributed by atoms with Crippen molar-refractivity contribution in [2.24, 2.45) is 10.9 Å². The Morgan fingerprint density at radius 1 is 1.58 bits per heavy atom. The first-order chi connectivity index (χ1) is 5.47. The first-order valence-electron chi connectivity index (χ1n) is 4.29. The van der Waals surface area contributed by atoms with E-state index in [1.165, 1.54) is 0 Å². The first kappa shape index (κ1) is 9.85. The third-order valence-electron chi connectivity index (χ3n) is 2.12. The predicted molar refractivity (Wildman–Crippen MR) is 51.9 cm³/mol. The highest BCUT2D eigenvalue weighted by molar-refractivity contribution is 6.27. The van der Waals surface area contributed by atoms with Gasteiger partial charge in [0, 0.05) is 0 Å². The van der Waals surface area contributed by atoms with E-state index in [2.05, 4.69) is 32.7 Å². The van der Waals surface area contributed by atoms with Gasteiger partial charge in [-0.05, 0) is 19.8 Å². The van der Waals surface area contributed by atoms with Crippen LogP contribution in [0.25, 0.3) is 0 Å². The number of hydrogen-bond donors (Lipinski definition) is 0. The summed E-state index contributed by atoms with van der Waals surface area (Å²) in [5, 5.41) is 0. The van der Waals surface area contributed by atoms with Crippen LogP contribution in [-0.4, -0.2) is 23.4 Å². The molecule has 0 unspecified atom stereocenters. The molecule has 1 atom stereocenters. The maximum absolute atomic E-state index is 5.65. The molecule has 0 amide bonds. The zero-order valence-electron chi connectivity index (χ0n) is 8.10. The van der Waals surface area contributed by atoms with Crippen LogP contribution in [-0.2, 0) is 4.74 Å². The number of aliphatic imine (C=N–C) groups is 1. The summed E-state index contributed by atoms with van der Waals surface area (Å²) in [5.41, 5.74) is -0.182. The van der Waals surface area contributed by atoms with Crippen LogP contribution < -0.4 is 0 Å². The van der Waals surface area contributed by atoms with Gasteiger partial charge in [0.15, 0.2) is 5.90 Å². The summed E-state index contributed by atoms with van der Waals surface area (Å²) in [6.45, 7) is 8.41. The van der Waals surface area contributed by atoms with Crippen LogP contribution in [0.2, 0.25) is 0 Å². The third-order valence-corrected chi connectivity index (χ3v) is 2.35. The minimum absolute atomic E-state index is 0.182. The maximum Gasteiger partial charge on any atom is 0.199 e. The molecule has 0 aromatic carbocycles. The molecule has 12 heavy (non-hydrogen) atoms. The number of nitrogens with zero attached hydrogens (tertiary/aromatic N) is 1. The van der Waals surface area contributed by atoms with E-state index < -0.39 is 0 Å². The highest BCUT2D eigenvalue weighted by Crippen LogP contribution is 2.30. The normalized spacial score (nSPS) is 27.2. The Labute approximate surface area is 79.0 Å². The van der Waals surface area contributed by atoms with Crippen molar-refractivity contribution in [3.05, 3.63) is 0 Å². The van der Waals surface area contributed by atoms with E-state index in [-0.39, 0.29) is 11.6 Å². The highest BCUT2D eigenvalue weighted by Gasteiger charge is 2.39. The van der Waals surface area contributed by atoms with E-state index >= 15 is 0 Å². The molecular weight excluding hydrogens is 174 g/mol. The smallest absolute Gasteiger partial charge is 0.199 e. The summed E-state index contributed by atoms with van der Waals surface area (Å²) in [5.74, 6) is 1.56. The van der Waals surface area contributed by atoms with Crippen molar-refractivity contribution < 1.29 is 4.74 Å². The largest absolute Gasteiger partial charge is 0.472 e. The number of ether oxygens (including phenoxy) is 1. The van der Waals surface area contributed by atoms with Crippen LogP contribution in [0.15, 0.2) is 4.99 Å². The second-order valence-corrected chi connectivity index (χ2v) is 4.32. The molecule has 0 aliphatic carbocycles. The molecule has 70 valence electrons. The molecule has 0 fully saturated rings. The fourth-order valence-electron chi connectivity index (χ4n) is 1.71. The number of alkyl halides is 1. The number of halogens is 1. The Balaban J connectivity index is 2.77. The molecular formula is C9H16ClNO. The van der Waals surface area contributed by atoms with Crippen molar-refractivity contribution in [3.8, 4) is 0 Å². The fraction of sp³-hybridized carbons (Fsp3) is 0.889. The van der Waals surface area contributed by atoms with Gasteiger partial charge in [-0.15, -0.1) is 11.6 Å². The van der Waals surface area contributed by atoms with E-state index in [0.717, 1.165) is 0 Å². The third kappa shape index (κ3) is 1.74. The van der Waals surface area contributed by atoms with Crippen LogP contribution in [0.5, 0.6) is 0 Å². The average Bonchev–Trinajstić information content (AvgIpc) is 2.25. The molecule has 0 radical (unpaired) electrons. The Morgan fingerprint density at radius 3 is 2.42 bits per heavy atom. The molecule has 0 spiro atoms. The molecule has 0 saturated carbocycles. The summed E-state index contributed by atoms with van der Waals surface area (Å²) in [6, 6.07) is 0.242. The molecule has 0 aromatic rings. The number of rotatable bonds is 2. The molecule has 1 heterocycles. The average molecular weight is 190 g/mol. The molecule has 1 aliphatic rings. The summed E-state index contributed by atoms with van der Waals surface area (Å²) in [7, 11) is 0. The quantitative estimate of drug-likeness (QED) is 0.612. The lowest BCUT2D eigenvalue weighted by Gasteiger charge is -2.27. The van der Waals surface area contributed by atoms with Crippen molar-refractivity contribution in [1.82, 2.24) is 0 Å². The molecule has 0 N–H and O–H groups in total. The molecule has 0 aromatic heterocycles. The van der Waals surface area contributed by atoms with Gasteiger partial charge in [-0.25, -0.2) is 4.99 Å². The summed E-state index contributed by atoms with van der Waals surface area (Å²) in [6.07, 6.45) is 0. The SMILES string of the molecule is CC(C)[C@@H]1N=C(CCl)OC1(C)C. The fourth-order valence-corrected chi connectivity index (χ4v) is 1.84. The van der Waals surface area contributed by atoms with Gasteiger partial charge < -0.3 is 4.74 Å². The summed E-state index contributed by atoms with van der Waals surface area (Å²) >= 11 is 5.65. The van der Waals surface area contributed by atoms with Crippen LogP contribution in [0.4, 0.5) is 0 Å². The zero-order chi connectivity index (χ0) is 9.35.